The molecule has 0 bridgehead atoms. The van der Waals surface area contributed by atoms with E-state index in [0.29, 0.717) is 18.8 Å². The summed E-state index contributed by atoms with van der Waals surface area (Å²) in [6.45, 7) is 5.01. The first-order chi connectivity index (χ1) is 20.9. The molecule has 11 heteroatoms. The molecule has 1 heterocycles. The van der Waals surface area contributed by atoms with Gasteiger partial charge in [0.05, 0.1) is 29.1 Å². The Bertz CT molecular complexity index is 1240. The molecule has 2 saturated carbocycles. The maximum absolute atomic E-state index is 13.4. The number of allylic oxidation sites excluding steroid dienone is 1. The van der Waals surface area contributed by atoms with Gasteiger partial charge in [-0.2, -0.15) is 0 Å². The van der Waals surface area contributed by atoms with E-state index in [-0.39, 0.29) is 37.0 Å². The van der Waals surface area contributed by atoms with Crippen molar-refractivity contribution in [2.75, 3.05) is 25.4 Å². The van der Waals surface area contributed by atoms with Crippen molar-refractivity contribution in [2.45, 2.75) is 108 Å². The third-order valence-corrected chi connectivity index (χ3v) is 11.7. The number of rotatable bonds is 15. The molecular weight excluding hydrogens is 580 g/mol. The largest absolute Gasteiger partial charge is 0.394 e. The average Bonchev–Trinajstić information content (AvgIpc) is 3.78. The summed E-state index contributed by atoms with van der Waals surface area (Å²) in [5.74, 6) is -1.26. The number of aliphatic hydroxyl groups is 2. The Kier molecular flexibility index (Phi) is 11.8. The predicted octanol–water partition coefficient (Wildman–Crippen LogP) is 2.91. The van der Waals surface area contributed by atoms with Gasteiger partial charge < -0.3 is 30.6 Å². The van der Waals surface area contributed by atoms with E-state index in [2.05, 4.69) is 20.4 Å². The van der Waals surface area contributed by atoms with Gasteiger partial charge in [-0.25, -0.2) is 8.42 Å². The van der Waals surface area contributed by atoms with Gasteiger partial charge in [-0.3, -0.25) is 9.59 Å². The van der Waals surface area contributed by atoms with Crippen LogP contribution in [0.5, 0.6) is 0 Å². The molecule has 10 nitrogen and oxygen atoms in total. The van der Waals surface area contributed by atoms with Gasteiger partial charge in [-0.15, -0.1) is 0 Å². The second-order valence-electron chi connectivity index (χ2n) is 13.8. The highest BCUT2D eigenvalue weighted by Crippen LogP contribution is 2.40. The SMILES string of the molecule is CC(C)(C)S(=O)(=O)CC(CC1=CN(CC2CCCCC2)[C@@H](NC(=O)CCc2ccccc2)N1C1CC1)C(=O)NC[C@H](O)CO. The summed E-state index contributed by atoms with van der Waals surface area (Å²) in [7, 11) is -3.65. The molecule has 2 amide bonds. The summed E-state index contributed by atoms with van der Waals surface area (Å²) in [5, 5.41) is 25.0. The minimum atomic E-state index is -3.65. The molecule has 4 N–H and O–H groups in total. The first-order valence-electron chi connectivity index (χ1n) is 16.2. The third-order valence-electron chi connectivity index (χ3n) is 9.03. The van der Waals surface area contributed by atoms with Crippen LogP contribution in [0.3, 0.4) is 0 Å². The molecular formula is C33H52N4O6S. The van der Waals surface area contributed by atoms with Gasteiger partial charge in [0, 0.05) is 43.9 Å². The van der Waals surface area contributed by atoms with Gasteiger partial charge >= 0.3 is 0 Å². The number of hydrogen-bond acceptors (Lipinski definition) is 8. The Morgan fingerprint density at radius 3 is 2.34 bits per heavy atom. The highest BCUT2D eigenvalue weighted by atomic mass is 32.2. The Hall–Kier alpha value is -2.63. The van der Waals surface area contributed by atoms with Crippen LogP contribution in [0.2, 0.25) is 0 Å². The number of carbonyl (C=O) groups excluding carboxylic acids is 2. The molecule has 3 aliphatic rings. The monoisotopic (exact) mass is 632 g/mol. The smallest absolute Gasteiger partial charge is 0.224 e. The number of hydrogen-bond donors (Lipinski definition) is 4. The molecule has 1 aliphatic heterocycles. The average molecular weight is 633 g/mol. The predicted molar refractivity (Wildman–Crippen MR) is 171 cm³/mol. The van der Waals surface area contributed by atoms with E-state index in [0.717, 1.165) is 43.5 Å². The zero-order valence-electron chi connectivity index (χ0n) is 26.6. The second kappa shape index (κ2) is 15.1. The van der Waals surface area contributed by atoms with Crippen molar-refractivity contribution < 1.29 is 28.2 Å². The van der Waals surface area contributed by atoms with Gasteiger partial charge in [0.1, 0.15) is 0 Å². The fourth-order valence-corrected chi connectivity index (χ4v) is 7.40. The maximum Gasteiger partial charge on any atom is 0.224 e. The van der Waals surface area contributed by atoms with Crippen LogP contribution in [0.4, 0.5) is 0 Å². The molecule has 1 aromatic carbocycles. The zero-order chi connectivity index (χ0) is 31.9. The van der Waals surface area contributed by atoms with E-state index in [1.54, 1.807) is 20.8 Å². The normalized spacial score (nSPS) is 21.1. The molecule has 0 spiro atoms. The van der Waals surface area contributed by atoms with E-state index < -0.39 is 39.1 Å². The molecule has 4 rings (SSSR count). The van der Waals surface area contributed by atoms with Crippen molar-refractivity contribution in [1.29, 1.82) is 0 Å². The van der Waals surface area contributed by atoms with E-state index in [4.69, 9.17) is 0 Å². The quantitative estimate of drug-likeness (QED) is 0.232. The van der Waals surface area contributed by atoms with Crippen LogP contribution in [-0.2, 0) is 25.8 Å². The summed E-state index contributed by atoms with van der Waals surface area (Å²) in [4.78, 5) is 31.2. The Balaban J connectivity index is 1.57. The lowest BCUT2D eigenvalue weighted by Crippen LogP contribution is -2.54. The summed E-state index contributed by atoms with van der Waals surface area (Å²) in [6, 6.07) is 10.1. The van der Waals surface area contributed by atoms with Gasteiger partial charge in [0.2, 0.25) is 11.8 Å². The van der Waals surface area contributed by atoms with Gasteiger partial charge in [0.15, 0.2) is 16.1 Å². The first kappa shape index (κ1) is 34.2. The zero-order valence-corrected chi connectivity index (χ0v) is 27.4. The molecule has 1 aromatic rings. The van der Waals surface area contributed by atoms with Crippen LogP contribution >= 0.6 is 0 Å². The van der Waals surface area contributed by atoms with Gasteiger partial charge in [0.25, 0.3) is 0 Å². The van der Waals surface area contributed by atoms with Crippen LogP contribution in [0, 0.1) is 11.8 Å². The van der Waals surface area contributed by atoms with Crippen molar-refractivity contribution in [3.8, 4) is 0 Å². The molecule has 44 heavy (non-hydrogen) atoms. The van der Waals surface area contributed by atoms with Gasteiger partial charge in [-0.05, 0) is 64.4 Å². The van der Waals surface area contributed by atoms with Crippen molar-refractivity contribution in [3.05, 3.63) is 47.8 Å². The van der Waals surface area contributed by atoms with E-state index >= 15 is 0 Å². The standard InChI is InChI=1S/C33H52N4O6S/c1-33(2,3)44(42,43)23-26(31(41)34-19-29(39)22-38)18-28-21-36(20-25-12-8-5-9-13-25)32(37(28)27-15-16-27)35-30(40)17-14-24-10-6-4-7-11-24/h4,6-7,10-11,21,25-27,29,32,38-39H,5,8-9,12-20,22-23H2,1-3H3,(H,34,41)(H,35,40)/t26?,29-,32+/m0/s1. The molecule has 0 aromatic heterocycles. The lowest BCUT2D eigenvalue weighted by Gasteiger charge is -2.37. The fraction of sp³-hybridized carbons (Fsp3) is 0.697. The lowest BCUT2D eigenvalue weighted by atomic mass is 9.89. The Morgan fingerprint density at radius 1 is 1.05 bits per heavy atom. The molecule has 0 saturated heterocycles. The number of carbonyl (C=O) groups is 2. The van der Waals surface area contributed by atoms with E-state index in [9.17, 15) is 28.2 Å². The van der Waals surface area contributed by atoms with Crippen LogP contribution in [-0.4, -0.2) is 88.9 Å². The minimum absolute atomic E-state index is 0.0459. The summed E-state index contributed by atoms with van der Waals surface area (Å²) in [5.41, 5.74) is 1.95. The molecule has 0 radical (unpaired) electrons. The minimum Gasteiger partial charge on any atom is -0.394 e. The fourth-order valence-electron chi connectivity index (χ4n) is 6.10. The highest BCUT2D eigenvalue weighted by Gasteiger charge is 2.44. The number of aliphatic hydroxyl groups excluding tert-OH is 2. The topological polar surface area (TPSA) is 139 Å². The van der Waals surface area contributed by atoms with Crippen LogP contribution < -0.4 is 10.6 Å². The number of nitrogens with one attached hydrogen (secondary N) is 2. The number of amides is 2. The van der Waals surface area contributed by atoms with Crippen molar-refractivity contribution in [3.63, 3.8) is 0 Å². The van der Waals surface area contributed by atoms with Crippen molar-refractivity contribution in [2.24, 2.45) is 11.8 Å². The van der Waals surface area contributed by atoms with Crippen molar-refractivity contribution >= 4 is 21.7 Å². The molecule has 2 fully saturated rings. The third kappa shape index (κ3) is 9.44. The number of aryl methyl sites for hydroxylation is 1. The summed E-state index contributed by atoms with van der Waals surface area (Å²) < 4.78 is 25.6. The van der Waals surface area contributed by atoms with Crippen LogP contribution in [0.15, 0.2) is 42.2 Å². The highest BCUT2D eigenvalue weighted by molar-refractivity contribution is 7.92. The van der Waals surface area contributed by atoms with E-state index in [1.165, 1.54) is 19.3 Å². The second-order valence-corrected chi connectivity index (χ2v) is 16.6. The maximum atomic E-state index is 13.4. The Labute approximate surface area is 263 Å². The summed E-state index contributed by atoms with van der Waals surface area (Å²) >= 11 is 0. The van der Waals surface area contributed by atoms with E-state index in [1.807, 2.05) is 36.5 Å². The lowest BCUT2D eigenvalue weighted by molar-refractivity contribution is -0.126. The van der Waals surface area contributed by atoms with Crippen LogP contribution in [0.25, 0.3) is 0 Å². The molecule has 1 unspecified atom stereocenters. The number of benzene rings is 1. The van der Waals surface area contributed by atoms with Crippen molar-refractivity contribution in [1.82, 2.24) is 20.4 Å². The van der Waals surface area contributed by atoms with Crippen LogP contribution in [0.1, 0.15) is 84.1 Å². The summed E-state index contributed by atoms with van der Waals surface area (Å²) in [6.07, 6.45) is 9.54. The molecule has 2 aliphatic carbocycles. The van der Waals surface area contributed by atoms with Gasteiger partial charge in [-0.1, -0.05) is 49.6 Å². The molecule has 3 atom stereocenters. The number of nitrogens with zero attached hydrogens (tertiary/aromatic N) is 2. The number of sulfone groups is 1. The Morgan fingerprint density at radius 2 is 1.73 bits per heavy atom. The first-order valence-corrected chi connectivity index (χ1v) is 17.9. The molecule has 246 valence electrons.